The van der Waals surface area contributed by atoms with Gasteiger partial charge in [0.1, 0.15) is 0 Å². The van der Waals surface area contributed by atoms with Gasteiger partial charge in [0.15, 0.2) is 0 Å². The van der Waals surface area contributed by atoms with Crippen LogP contribution in [0.5, 0.6) is 0 Å². The number of amides is 1. The normalized spacial score (nSPS) is 10.6. The van der Waals surface area contributed by atoms with Gasteiger partial charge in [-0.05, 0) is 30.7 Å². The molecule has 0 saturated carbocycles. The average Bonchev–Trinajstić information content (AvgIpc) is 2.67. The molecule has 138 valence electrons. The SMILES string of the molecule is CCNC(=O)c1nn(-c2ccccc2)c(=O)n(Cc2ccccc2Cl)c1=O. The summed E-state index contributed by atoms with van der Waals surface area (Å²) in [5.41, 5.74) is -0.739. The lowest BCUT2D eigenvalue weighted by molar-refractivity contribution is 0.0946. The van der Waals surface area contributed by atoms with E-state index in [1.165, 1.54) is 0 Å². The van der Waals surface area contributed by atoms with Crippen LogP contribution in [0.4, 0.5) is 0 Å². The molecular formula is C19H17ClN4O3. The molecule has 2 aromatic carbocycles. The molecule has 0 spiro atoms. The summed E-state index contributed by atoms with van der Waals surface area (Å²) in [5, 5.41) is 6.98. The second kappa shape index (κ2) is 8.01. The average molecular weight is 385 g/mol. The first kappa shape index (κ1) is 18.6. The van der Waals surface area contributed by atoms with Gasteiger partial charge in [-0.3, -0.25) is 14.2 Å². The van der Waals surface area contributed by atoms with Crippen LogP contribution in [0, 0.1) is 0 Å². The molecule has 0 bridgehead atoms. The van der Waals surface area contributed by atoms with Crippen molar-refractivity contribution in [3.63, 3.8) is 0 Å². The summed E-state index contributed by atoms with van der Waals surface area (Å²) in [6, 6.07) is 15.5. The van der Waals surface area contributed by atoms with Crippen LogP contribution in [-0.4, -0.2) is 26.8 Å². The fraction of sp³-hybridized carbons (Fsp3) is 0.158. The van der Waals surface area contributed by atoms with E-state index in [9.17, 15) is 14.4 Å². The molecule has 7 nitrogen and oxygen atoms in total. The molecule has 0 saturated heterocycles. The quantitative estimate of drug-likeness (QED) is 0.727. The molecule has 27 heavy (non-hydrogen) atoms. The Labute approximate surface area is 159 Å². The maximum atomic E-state index is 12.9. The summed E-state index contributed by atoms with van der Waals surface area (Å²) in [4.78, 5) is 38.0. The molecule has 0 fully saturated rings. The van der Waals surface area contributed by atoms with Crippen LogP contribution in [0.15, 0.2) is 64.2 Å². The van der Waals surface area contributed by atoms with Crippen molar-refractivity contribution in [1.29, 1.82) is 0 Å². The highest BCUT2D eigenvalue weighted by atomic mass is 35.5. The second-order valence-electron chi connectivity index (χ2n) is 5.72. The highest BCUT2D eigenvalue weighted by Crippen LogP contribution is 2.15. The van der Waals surface area contributed by atoms with Gasteiger partial charge in [-0.15, -0.1) is 0 Å². The van der Waals surface area contributed by atoms with Crippen molar-refractivity contribution in [3.8, 4) is 5.69 Å². The third kappa shape index (κ3) is 3.83. The number of nitrogens with zero attached hydrogens (tertiary/aromatic N) is 3. The van der Waals surface area contributed by atoms with Crippen LogP contribution in [-0.2, 0) is 6.54 Å². The first-order chi connectivity index (χ1) is 13.0. The lowest BCUT2D eigenvalue weighted by Gasteiger charge is -2.12. The standard InChI is InChI=1S/C19H17ClN4O3/c1-2-21-17(25)16-18(26)23(12-13-8-6-7-11-15(13)20)19(27)24(22-16)14-9-4-3-5-10-14/h3-11H,2,12H2,1H3,(H,21,25). The van der Waals surface area contributed by atoms with Crippen LogP contribution in [0.25, 0.3) is 5.69 Å². The van der Waals surface area contributed by atoms with Crippen molar-refractivity contribution in [2.75, 3.05) is 6.54 Å². The summed E-state index contributed by atoms with van der Waals surface area (Å²) < 4.78 is 2.01. The largest absolute Gasteiger partial charge is 0.352 e. The molecule has 0 atom stereocenters. The van der Waals surface area contributed by atoms with Gasteiger partial charge in [0.25, 0.3) is 11.5 Å². The van der Waals surface area contributed by atoms with Crippen molar-refractivity contribution in [3.05, 3.63) is 91.7 Å². The van der Waals surface area contributed by atoms with Crippen LogP contribution in [0.2, 0.25) is 5.02 Å². The number of hydrogen-bond donors (Lipinski definition) is 1. The molecule has 8 heteroatoms. The van der Waals surface area contributed by atoms with E-state index in [0.717, 1.165) is 9.25 Å². The van der Waals surface area contributed by atoms with E-state index in [0.29, 0.717) is 22.8 Å². The zero-order valence-corrected chi connectivity index (χ0v) is 15.3. The van der Waals surface area contributed by atoms with Crippen LogP contribution in [0.1, 0.15) is 23.0 Å². The molecular weight excluding hydrogens is 368 g/mol. The van der Waals surface area contributed by atoms with Crippen LogP contribution < -0.4 is 16.6 Å². The van der Waals surface area contributed by atoms with Crippen molar-refractivity contribution in [2.24, 2.45) is 0 Å². The fourth-order valence-electron chi connectivity index (χ4n) is 2.58. The Morgan fingerprint density at radius 3 is 2.41 bits per heavy atom. The summed E-state index contributed by atoms with van der Waals surface area (Å²) in [6.45, 7) is 1.99. The van der Waals surface area contributed by atoms with Gasteiger partial charge in [0.2, 0.25) is 5.69 Å². The maximum Gasteiger partial charge on any atom is 0.352 e. The Morgan fingerprint density at radius 2 is 1.74 bits per heavy atom. The number of benzene rings is 2. The molecule has 1 heterocycles. The molecule has 0 unspecified atom stereocenters. The second-order valence-corrected chi connectivity index (χ2v) is 6.13. The molecule has 3 aromatic rings. The Morgan fingerprint density at radius 1 is 1.07 bits per heavy atom. The number of halogens is 1. The Balaban J connectivity index is 2.23. The molecule has 0 aliphatic rings. The zero-order valence-electron chi connectivity index (χ0n) is 14.6. The highest BCUT2D eigenvalue weighted by Gasteiger charge is 2.20. The van der Waals surface area contributed by atoms with Crippen LogP contribution in [0.3, 0.4) is 0 Å². The van der Waals surface area contributed by atoms with E-state index >= 15 is 0 Å². The number of aromatic nitrogens is 3. The lowest BCUT2D eigenvalue weighted by Crippen LogP contribution is -2.46. The van der Waals surface area contributed by atoms with Gasteiger partial charge in [-0.25, -0.2) is 4.79 Å². The van der Waals surface area contributed by atoms with Crippen molar-refractivity contribution < 1.29 is 4.79 Å². The van der Waals surface area contributed by atoms with Gasteiger partial charge in [-0.1, -0.05) is 48.0 Å². The Hall–Kier alpha value is -3.19. The minimum Gasteiger partial charge on any atom is -0.351 e. The number of carbonyl (C=O) groups excluding carboxylic acids is 1. The number of para-hydroxylation sites is 1. The summed E-state index contributed by atoms with van der Waals surface area (Å²) in [6.07, 6.45) is 0. The minimum atomic E-state index is -0.766. The molecule has 1 aromatic heterocycles. The molecule has 3 rings (SSSR count). The lowest BCUT2D eigenvalue weighted by atomic mass is 10.2. The van der Waals surface area contributed by atoms with E-state index in [-0.39, 0.29) is 12.2 Å². The van der Waals surface area contributed by atoms with E-state index < -0.39 is 17.2 Å². The van der Waals surface area contributed by atoms with Gasteiger partial charge >= 0.3 is 5.69 Å². The molecule has 0 aliphatic heterocycles. The van der Waals surface area contributed by atoms with Gasteiger partial charge < -0.3 is 5.32 Å². The smallest absolute Gasteiger partial charge is 0.351 e. The number of hydrogen-bond acceptors (Lipinski definition) is 4. The van der Waals surface area contributed by atoms with Crippen molar-refractivity contribution >= 4 is 17.5 Å². The molecule has 0 radical (unpaired) electrons. The molecule has 1 amide bonds. The zero-order chi connectivity index (χ0) is 19.4. The fourth-order valence-corrected chi connectivity index (χ4v) is 2.77. The van der Waals surface area contributed by atoms with Gasteiger partial charge in [0.05, 0.1) is 12.2 Å². The minimum absolute atomic E-state index is 0.0703. The maximum absolute atomic E-state index is 12.9. The number of nitrogens with one attached hydrogen (secondary N) is 1. The third-order valence-electron chi connectivity index (χ3n) is 3.90. The molecule has 1 N–H and O–H groups in total. The first-order valence-electron chi connectivity index (χ1n) is 8.34. The number of rotatable bonds is 5. The first-order valence-corrected chi connectivity index (χ1v) is 8.72. The third-order valence-corrected chi connectivity index (χ3v) is 4.27. The van der Waals surface area contributed by atoms with Gasteiger partial charge in [-0.2, -0.15) is 9.78 Å². The van der Waals surface area contributed by atoms with E-state index in [2.05, 4.69) is 10.4 Å². The molecule has 0 aliphatic carbocycles. The predicted molar refractivity (Wildman–Crippen MR) is 103 cm³/mol. The van der Waals surface area contributed by atoms with Gasteiger partial charge in [0, 0.05) is 11.6 Å². The Bertz CT molecular complexity index is 1090. The highest BCUT2D eigenvalue weighted by molar-refractivity contribution is 6.31. The number of carbonyl (C=O) groups is 1. The topological polar surface area (TPSA) is 86.0 Å². The summed E-state index contributed by atoms with van der Waals surface area (Å²) in [7, 11) is 0. The van der Waals surface area contributed by atoms with Crippen molar-refractivity contribution in [2.45, 2.75) is 13.5 Å². The summed E-state index contributed by atoms with van der Waals surface area (Å²) in [5.74, 6) is -0.639. The van der Waals surface area contributed by atoms with E-state index in [4.69, 9.17) is 11.6 Å². The van der Waals surface area contributed by atoms with E-state index in [1.54, 1.807) is 61.5 Å². The van der Waals surface area contributed by atoms with Crippen LogP contribution >= 0.6 is 11.6 Å². The summed E-state index contributed by atoms with van der Waals surface area (Å²) >= 11 is 6.17. The monoisotopic (exact) mass is 384 g/mol. The Kier molecular flexibility index (Phi) is 5.52. The predicted octanol–water partition coefficient (Wildman–Crippen LogP) is 1.85. The van der Waals surface area contributed by atoms with Crippen molar-refractivity contribution in [1.82, 2.24) is 19.7 Å². The van der Waals surface area contributed by atoms with E-state index in [1.807, 2.05) is 0 Å².